The topological polar surface area (TPSA) is 121 Å². The lowest BCUT2D eigenvalue weighted by atomic mass is 9.80. The normalized spacial score (nSPS) is 10.6. The molecule has 9 heteroatoms. The fourth-order valence-corrected chi connectivity index (χ4v) is 2.05. The van der Waals surface area contributed by atoms with Crippen LogP contribution in [-0.2, 0) is 0 Å². The molecule has 0 atom stereocenters. The number of fused-ring (bicyclic) bond motifs is 1. The van der Waals surface area contributed by atoms with Gasteiger partial charge in [-0.2, -0.15) is 4.98 Å². The molecule has 0 aliphatic heterocycles. The van der Waals surface area contributed by atoms with E-state index in [0.29, 0.717) is 21.3 Å². The molecule has 2 heterocycles. The van der Waals surface area contributed by atoms with E-state index in [1.807, 2.05) is 0 Å². The largest absolute Gasteiger partial charge is 0.488 e. The van der Waals surface area contributed by atoms with E-state index in [0.717, 1.165) is 0 Å². The summed E-state index contributed by atoms with van der Waals surface area (Å²) in [4.78, 5) is 19.4. The molecule has 22 heavy (non-hydrogen) atoms. The van der Waals surface area contributed by atoms with Crippen LogP contribution in [0.1, 0.15) is 0 Å². The molecule has 4 N–H and O–H groups in total. The van der Waals surface area contributed by atoms with Crippen molar-refractivity contribution in [1.82, 2.24) is 14.7 Å². The zero-order valence-corrected chi connectivity index (χ0v) is 11.2. The second-order valence-electron chi connectivity index (χ2n) is 4.55. The lowest BCUT2D eigenvalue weighted by Gasteiger charge is -2.10. The molecule has 1 aromatic carbocycles. The van der Waals surface area contributed by atoms with Gasteiger partial charge >= 0.3 is 12.8 Å². The van der Waals surface area contributed by atoms with Crippen molar-refractivity contribution in [3.63, 3.8) is 0 Å². The number of pyridine rings is 1. The van der Waals surface area contributed by atoms with Crippen molar-refractivity contribution in [2.75, 3.05) is 5.32 Å². The van der Waals surface area contributed by atoms with Crippen LogP contribution in [0.25, 0.3) is 11.0 Å². The number of aromatic nitrogens is 3. The van der Waals surface area contributed by atoms with Crippen LogP contribution in [0, 0.1) is 0 Å². The highest BCUT2D eigenvalue weighted by Gasteiger charge is 2.13. The first-order chi connectivity index (χ1) is 10.6. The van der Waals surface area contributed by atoms with Crippen molar-refractivity contribution >= 4 is 35.1 Å². The summed E-state index contributed by atoms with van der Waals surface area (Å²) in [5, 5.41) is 31.4. The third-order valence-corrected chi connectivity index (χ3v) is 3.08. The van der Waals surface area contributed by atoms with Crippen molar-refractivity contribution in [3.8, 4) is 0 Å². The lowest BCUT2D eigenvalue weighted by Crippen LogP contribution is -2.29. The van der Waals surface area contributed by atoms with Gasteiger partial charge in [-0.25, -0.2) is 9.78 Å². The molecule has 0 saturated heterocycles. The number of anilines is 2. The fraction of sp³-hybridized carbons (Fsp3) is 0. The maximum Gasteiger partial charge on any atom is 0.488 e. The van der Waals surface area contributed by atoms with Gasteiger partial charge in [0.25, 0.3) is 0 Å². The second kappa shape index (κ2) is 5.47. The van der Waals surface area contributed by atoms with Crippen LogP contribution < -0.4 is 16.5 Å². The molecule has 110 valence electrons. The molecule has 0 aliphatic carbocycles. The number of hydrogen-bond acceptors (Lipinski definition) is 7. The smallest absolute Gasteiger partial charge is 0.423 e. The Balaban J connectivity index is 2.10. The van der Waals surface area contributed by atoms with Crippen LogP contribution in [0.3, 0.4) is 0 Å². The zero-order chi connectivity index (χ0) is 15.7. The minimum atomic E-state index is -1.60. The van der Waals surface area contributed by atoms with E-state index in [1.165, 1.54) is 12.3 Å². The van der Waals surface area contributed by atoms with E-state index < -0.39 is 12.8 Å². The second-order valence-corrected chi connectivity index (χ2v) is 4.55. The molecule has 2 aromatic heterocycles. The highest BCUT2D eigenvalue weighted by molar-refractivity contribution is 6.58. The summed E-state index contributed by atoms with van der Waals surface area (Å²) in [6.07, 6.45) is 1.45. The van der Waals surface area contributed by atoms with Crippen molar-refractivity contribution in [2.24, 2.45) is 0 Å². The number of hydrogen-bond donors (Lipinski definition) is 4. The minimum Gasteiger partial charge on any atom is -0.423 e. The van der Waals surface area contributed by atoms with Gasteiger partial charge < -0.3 is 20.6 Å². The SMILES string of the molecule is O=c1nc(Nc2cccc(B(O)O)c2)c2cccnc2n1O. The van der Waals surface area contributed by atoms with Crippen LogP contribution in [0.15, 0.2) is 47.4 Å². The summed E-state index contributed by atoms with van der Waals surface area (Å²) in [5.41, 5.74) is 0.0108. The van der Waals surface area contributed by atoms with Crippen molar-refractivity contribution in [3.05, 3.63) is 53.1 Å². The molecule has 0 aliphatic rings. The first-order valence-corrected chi connectivity index (χ1v) is 6.36. The maximum absolute atomic E-state index is 11.7. The predicted molar refractivity (Wildman–Crippen MR) is 80.5 cm³/mol. The summed E-state index contributed by atoms with van der Waals surface area (Å²) in [6.45, 7) is 0. The van der Waals surface area contributed by atoms with Gasteiger partial charge in [-0.15, -0.1) is 4.73 Å². The Kier molecular flexibility index (Phi) is 3.49. The number of rotatable bonds is 3. The third-order valence-electron chi connectivity index (χ3n) is 3.08. The molecular weight excluding hydrogens is 287 g/mol. The molecule has 3 rings (SSSR count). The highest BCUT2D eigenvalue weighted by Crippen LogP contribution is 2.20. The Morgan fingerprint density at radius 2 is 2.00 bits per heavy atom. The molecule has 8 nitrogen and oxygen atoms in total. The summed E-state index contributed by atoms with van der Waals surface area (Å²) >= 11 is 0. The first kappa shape index (κ1) is 14.0. The number of benzene rings is 1. The lowest BCUT2D eigenvalue weighted by molar-refractivity contribution is 0.182. The minimum absolute atomic E-state index is 0.0725. The van der Waals surface area contributed by atoms with Crippen molar-refractivity contribution in [1.29, 1.82) is 0 Å². The molecular formula is C13H11BN4O4. The molecule has 0 spiro atoms. The van der Waals surface area contributed by atoms with E-state index in [1.54, 1.807) is 30.3 Å². The van der Waals surface area contributed by atoms with Gasteiger partial charge in [0.2, 0.25) is 0 Å². The van der Waals surface area contributed by atoms with Gasteiger partial charge in [0.1, 0.15) is 5.82 Å². The molecule has 0 fully saturated rings. The van der Waals surface area contributed by atoms with E-state index >= 15 is 0 Å². The van der Waals surface area contributed by atoms with Crippen LogP contribution in [0.2, 0.25) is 0 Å². The van der Waals surface area contributed by atoms with Gasteiger partial charge in [0.05, 0.1) is 5.39 Å². The Labute approximate surface area is 124 Å². The van der Waals surface area contributed by atoms with Gasteiger partial charge in [-0.05, 0) is 29.7 Å². The van der Waals surface area contributed by atoms with Gasteiger partial charge in [-0.1, -0.05) is 12.1 Å². The Bertz CT molecular complexity index is 897. The first-order valence-electron chi connectivity index (χ1n) is 6.36. The standard InChI is InChI=1S/C13H11BN4O4/c19-13-17-11(10-5-2-6-15-12(10)18(13)22)16-9-4-1-3-8(7-9)14(20)21/h1-7,20-22H,(H,16,17,19). The predicted octanol–water partition coefficient (Wildman–Crippen LogP) is -0.548. The molecule has 0 saturated carbocycles. The van der Waals surface area contributed by atoms with Gasteiger partial charge in [0.15, 0.2) is 5.65 Å². The summed E-state index contributed by atoms with van der Waals surface area (Å²) in [6, 6.07) is 9.67. The third kappa shape index (κ3) is 2.50. The van der Waals surface area contributed by atoms with E-state index in [4.69, 9.17) is 0 Å². The molecule has 0 bridgehead atoms. The Morgan fingerprint density at radius 3 is 2.77 bits per heavy atom. The van der Waals surface area contributed by atoms with Gasteiger partial charge in [-0.3, -0.25) is 0 Å². The summed E-state index contributed by atoms with van der Waals surface area (Å²) < 4.78 is 0.369. The average molecular weight is 298 g/mol. The van der Waals surface area contributed by atoms with Gasteiger partial charge in [0, 0.05) is 11.9 Å². The zero-order valence-electron chi connectivity index (χ0n) is 11.2. The van der Waals surface area contributed by atoms with E-state index in [2.05, 4.69) is 15.3 Å². The highest BCUT2D eigenvalue weighted by atomic mass is 16.5. The Morgan fingerprint density at radius 1 is 1.18 bits per heavy atom. The molecule has 3 aromatic rings. The fourth-order valence-electron chi connectivity index (χ4n) is 2.05. The van der Waals surface area contributed by atoms with E-state index in [-0.39, 0.29) is 11.5 Å². The number of nitrogens with one attached hydrogen (secondary N) is 1. The van der Waals surface area contributed by atoms with Crippen LogP contribution in [-0.4, -0.2) is 37.1 Å². The Hall–Kier alpha value is -2.91. The van der Waals surface area contributed by atoms with Crippen LogP contribution in [0.4, 0.5) is 11.5 Å². The average Bonchev–Trinajstić information content (AvgIpc) is 2.52. The van der Waals surface area contributed by atoms with Crippen LogP contribution >= 0.6 is 0 Å². The monoisotopic (exact) mass is 298 g/mol. The molecule has 0 radical (unpaired) electrons. The van der Waals surface area contributed by atoms with Crippen LogP contribution in [0.5, 0.6) is 0 Å². The molecule has 0 unspecified atom stereocenters. The van der Waals surface area contributed by atoms with E-state index in [9.17, 15) is 20.0 Å². The summed E-state index contributed by atoms with van der Waals surface area (Å²) in [7, 11) is -1.60. The molecule has 0 amide bonds. The summed E-state index contributed by atoms with van der Waals surface area (Å²) in [5.74, 6) is 0.211. The quantitative estimate of drug-likeness (QED) is 0.378. The number of nitrogens with zero attached hydrogens (tertiary/aromatic N) is 3. The van der Waals surface area contributed by atoms with Crippen molar-refractivity contribution < 1.29 is 15.3 Å². The van der Waals surface area contributed by atoms with Crippen molar-refractivity contribution in [2.45, 2.75) is 0 Å². The maximum atomic E-state index is 11.7.